The Bertz CT molecular complexity index is 741. The van der Waals surface area contributed by atoms with Gasteiger partial charge in [-0.25, -0.2) is 0 Å². The summed E-state index contributed by atoms with van der Waals surface area (Å²) in [6.07, 6.45) is -3.57. The Morgan fingerprint density at radius 1 is 1.28 bits per heavy atom. The van der Waals surface area contributed by atoms with Crippen LogP contribution in [0.2, 0.25) is 0 Å². The smallest absolute Gasteiger partial charge is 0.416 e. The van der Waals surface area contributed by atoms with Crippen LogP contribution < -0.4 is 15.4 Å². The summed E-state index contributed by atoms with van der Waals surface area (Å²) in [7, 11) is 0. The van der Waals surface area contributed by atoms with Gasteiger partial charge < -0.3 is 15.4 Å². The van der Waals surface area contributed by atoms with Gasteiger partial charge in [0.25, 0.3) is 5.91 Å². The molecular formula is C16H17F3N4O2. The van der Waals surface area contributed by atoms with E-state index in [2.05, 4.69) is 20.8 Å². The maximum absolute atomic E-state index is 12.5. The van der Waals surface area contributed by atoms with Gasteiger partial charge in [0.2, 0.25) is 0 Å². The monoisotopic (exact) mass is 354 g/mol. The van der Waals surface area contributed by atoms with Crippen molar-refractivity contribution < 1.29 is 22.7 Å². The quantitative estimate of drug-likeness (QED) is 0.717. The molecule has 1 aliphatic heterocycles. The molecule has 0 aliphatic carbocycles. The summed E-state index contributed by atoms with van der Waals surface area (Å²) in [6.45, 7) is 1.80. The van der Waals surface area contributed by atoms with Crippen molar-refractivity contribution >= 4 is 5.91 Å². The van der Waals surface area contributed by atoms with Gasteiger partial charge in [-0.3, -0.25) is 9.89 Å². The number of aromatic nitrogens is 2. The molecule has 1 aliphatic rings. The van der Waals surface area contributed by atoms with Crippen LogP contribution in [-0.4, -0.2) is 35.8 Å². The average molecular weight is 354 g/mol. The second-order valence-corrected chi connectivity index (χ2v) is 5.58. The van der Waals surface area contributed by atoms with Crippen LogP contribution in [0.1, 0.15) is 27.3 Å². The van der Waals surface area contributed by atoms with Crippen molar-refractivity contribution in [3.63, 3.8) is 0 Å². The first-order valence-electron chi connectivity index (χ1n) is 7.80. The number of H-pyrrole nitrogens is 1. The van der Waals surface area contributed by atoms with Crippen LogP contribution in [-0.2, 0) is 19.1 Å². The van der Waals surface area contributed by atoms with Gasteiger partial charge in [-0.2, -0.15) is 18.3 Å². The topological polar surface area (TPSA) is 79.0 Å². The van der Waals surface area contributed by atoms with Gasteiger partial charge in [0, 0.05) is 30.8 Å². The lowest BCUT2D eigenvalue weighted by Gasteiger charge is -2.13. The van der Waals surface area contributed by atoms with E-state index >= 15 is 0 Å². The summed E-state index contributed by atoms with van der Waals surface area (Å²) in [5, 5.41) is 12.8. The van der Waals surface area contributed by atoms with E-state index in [1.807, 2.05) is 0 Å². The summed E-state index contributed by atoms with van der Waals surface area (Å²) >= 11 is 0. The molecule has 0 spiro atoms. The van der Waals surface area contributed by atoms with Gasteiger partial charge in [-0.1, -0.05) is 0 Å². The van der Waals surface area contributed by atoms with Crippen molar-refractivity contribution in [1.82, 2.24) is 20.8 Å². The van der Waals surface area contributed by atoms with E-state index < -0.39 is 11.7 Å². The number of nitrogens with zero attached hydrogens (tertiary/aromatic N) is 1. The third-order valence-electron chi connectivity index (χ3n) is 3.86. The van der Waals surface area contributed by atoms with Crippen LogP contribution in [0.5, 0.6) is 5.75 Å². The van der Waals surface area contributed by atoms with Crippen LogP contribution in [0.3, 0.4) is 0 Å². The SMILES string of the molecule is O=C(NCCOc1ccc(C(F)(F)F)cc1)c1n[nH]c2c1CNCC2. The number of ether oxygens (including phenoxy) is 1. The zero-order valence-electron chi connectivity index (χ0n) is 13.2. The number of nitrogens with one attached hydrogen (secondary N) is 3. The molecule has 2 heterocycles. The first-order chi connectivity index (χ1) is 11.9. The number of carbonyl (C=O) groups excluding carboxylic acids is 1. The van der Waals surface area contributed by atoms with Crippen LogP contribution in [0, 0.1) is 0 Å². The molecule has 134 valence electrons. The van der Waals surface area contributed by atoms with Crippen LogP contribution in [0.25, 0.3) is 0 Å². The minimum absolute atomic E-state index is 0.141. The number of amides is 1. The lowest BCUT2D eigenvalue weighted by atomic mass is 10.1. The summed E-state index contributed by atoms with van der Waals surface area (Å²) < 4.78 is 42.7. The molecule has 0 radical (unpaired) electrons. The highest BCUT2D eigenvalue weighted by molar-refractivity contribution is 5.94. The summed E-state index contributed by atoms with van der Waals surface area (Å²) in [5.41, 5.74) is 1.46. The van der Waals surface area contributed by atoms with Gasteiger partial charge in [-0.15, -0.1) is 0 Å². The summed E-state index contributed by atoms with van der Waals surface area (Å²) in [6, 6.07) is 4.41. The Balaban J connectivity index is 1.47. The molecule has 0 fully saturated rings. The molecule has 9 heteroatoms. The largest absolute Gasteiger partial charge is 0.492 e. The van der Waals surface area contributed by atoms with E-state index in [1.165, 1.54) is 12.1 Å². The number of halogens is 3. The fraction of sp³-hybridized carbons (Fsp3) is 0.375. The van der Waals surface area contributed by atoms with Crippen LogP contribution >= 0.6 is 0 Å². The van der Waals surface area contributed by atoms with Gasteiger partial charge in [-0.05, 0) is 24.3 Å². The number of aromatic amines is 1. The Morgan fingerprint density at radius 2 is 2.04 bits per heavy atom. The van der Waals surface area contributed by atoms with E-state index in [0.29, 0.717) is 18.0 Å². The minimum Gasteiger partial charge on any atom is -0.492 e. The van der Waals surface area contributed by atoms with Gasteiger partial charge in [0.1, 0.15) is 12.4 Å². The van der Waals surface area contributed by atoms with Crippen LogP contribution in [0.15, 0.2) is 24.3 Å². The molecule has 6 nitrogen and oxygen atoms in total. The van der Waals surface area contributed by atoms with E-state index in [0.717, 1.165) is 36.4 Å². The van der Waals surface area contributed by atoms with Crippen molar-refractivity contribution in [2.45, 2.75) is 19.1 Å². The van der Waals surface area contributed by atoms with Gasteiger partial charge >= 0.3 is 6.18 Å². The highest BCUT2D eigenvalue weighted by Gasteiger charge is 2.30. The molecule has 0 unspecified atom stereocenters. The second kappa shape index (κ2) is 7.14. The number of fused-ring (bicyclic) bond motifs is 1. The minimum atomic E-state index is -4.37. The Kier molecular flexibility index (Phi) is 4.93. The van der Waals surface area contributed by atoms with Crippen molar-refractivity contribution in [3.05, 3.63) is 46.8 Å². The third-order valence-corrected chi connectivity index (χ3v) is 3.86. The molecule has 3 N–H and O–H groups in total. The molecular weight excluding hydrogens is 337 g/mol. The summed E-state index contributed by atoms with van der Waals surface area (Å²) in [5.74, 6) is 0.000757. The first kappa shape index (κ1) is 17.3. The van der Waals surface area contributed by atoms with E-state index in [-0.39, 0.29) is 19.1 Å². The Labute approximate surface area is 141 Å². The lowest BCUT2D eigenvalue weighted by molar-refractivity contribution is -0.137. The molecule has 0 saturated carbocycles. The van der Waals surface area contributed by atoms with Gasteiger partial charge in [0.05, 0.1) is 12.1 Å². The average Bonchev–Trinajstić information content (AvgIpc) is 3.02. The normalized spacial score (nSPS) is 14.0. The standard InChI is InChI=1S/C16H17F3N4O2/c17-16(18,19)10-1-3-11(4-2-10)25-8-7-21-15(24)14-12-9-20-6-5-13(12)22-23-14/h1-4,20H,5-9H2,(H,21,24)(H,22,23). The number of rotatable bonds is 5. The third kappa shape index (κ3) is 4.11. The lowest BCUT2D eigenvalue weighted by Crippen LogP contribution is -2.31. The zero-order valence-corrected chi connectivity index (χ0v) is 13.2. The van der Waals surface area contributed by atoms with Crippen molar-refractivity contribution in [2.24, 2.45) is 0 Å². The number of carbonyl (C=O) groups is 1. The molecule has 1 aromatic carbocycles. The van der Waals surface area contributed by atoms with Gasteiger partial charge in [0.15, 0.2) is 5.69 Å². The number of hydrogen-bond acceptors (Lipinski definition) is 4. The maximum Gasteiger partial charge on any atom is 0.416 e. The highest BCUT2D eigenvalue weighted by atomic mass is 19.4. The van der Waals surface area contributed by atoms with Crippen LogP contribution in [0.4, 0.5) is 13.2 Å². The Hall–Kier alpha value is -2.55. The predicted molar refractivity (Wildman–Crippen MR) is 83.3 cm³/mol. The number of alkyl halides is 3. The molecule has 1 amide bonds. The molecule has 0 atom stereocenters. The maximum atomic E-state index is 12.5. The second-order valence-electron chi connectivity index (χ2n) is 5.58. The molecule has 25 heavy (non-hydrogen) atoms. The van der Waals surface area contributed by atoms with E-state index in [1.54, 1.807) is 0 Å². The van der Waals surface area contributed by atoms with Crippen molar-refractivity contribution in [3.8, 4) is 5.75 Å². The van der Waals surface area contributed by atoms with E-state index in [9.17, 15) is 18.0 Å². The molecule has 0 bridgehead atoms. The predicted octanol–water partition coefficient (Wildman–Crippen LogP) is 1.88. The molecule has 2 aromatic rings. The Morgan fingerprint density at radius 3 is 2.76 bits per heavy atom. The summed E-state index contributed by atoms with van der Waals surface area (Å²) in [4.78, 5) is 12.1. The van der Waals surface area contributed by atoms with Crippen molar-refractivity contribution in [1.29, 1.82) is 0 Å². The first-order valence-corrected chi connectivity index (χ1v) is 7.80. The number of benzene rings is 1. The molecule has 1 aromatic heterocycles. The number of hydrogen-bond donors (Lipinski definition) is 3. The van der Waals surface area contributed by atoms with E-state index in [4.69, 9.17) is 4.74 Å². The fourth-order valence-corrected chi connectivity index (χ4v) is 2.57. The van der Waals surface area contributed by atoms with Crippen molar-refractivity contribution in [2.75, 3.05) is 19.7 Å². The molecule has 3 rings (SSSR count). The zero-order chi connectivity index (χ0) is 17.9. The highest BCUT2D eigenvalue weighted by Crippen LogP contribution is 2.30. The fourth-order valence-electron chi connectivity index (χ4n) is 2.57. The molecule has 0 saturated heterocycles.